The molecule has 1 aliphatic heterocycles. The third-order valence-corrected chi connectivity index (χ3v) is 2.43. The van der Waals surface area contributed by atoms with Crippen LogP contribution in [0, 0.1) is 0 Å². The monoisotopic (exact) mass is 338 g/mol. The van der Waals surface area contributed by atoms with Gasteiger partial charge in [0, 0.05) is 25.7 Å². The maximum Gasteiger partial charge on any atom is 0.244 e. The predicted molar refractivity (Wildman–Crippen MR) is 72.6 cm³/mol. The Morgan fingerprint density at radius 1 is 1.50 bits per heavy atom. The van der Waals surface area contributed by atoms with E-state index in [-0.39, 0.29) is 9.45 Å². The summed E-state index contributed by atoms with van der Waals surface area (Å²) in [5.41, 5.74) is 0. The summed E-state index contributed by atoms with van der Waals surface area (Å²) in [7, 11) is 0. The molecule has 0 bridgehead atoms. The molecule has 1 aliphatic rings. The van der Waals surface area contributed by atoms with Crippen LogP contribution >= 0.6 is 22.6 Å². The Labute approximate surface area is 111 Å². The van der Waals surface area contributed by atoms with E-state index in [9.17, 15) is 4.79 Å². The van der Waals surface area contributed by atoms with Crippen LogP contribution in [0.25, 0.3) is 0 Å². The molecule has 1 heterocycles. The summed E-state index contributed by atoms with van der Waals surface area (Å²) in [6.45, 7) is 8.22. The molecule has 0 saturated carbocycles. The van der Waals surface area contributed by atoms with Gasteiger partial charge in [0.05, 0.1) is 16.8 Å². The van der Waals surface area contributed by atoms with E-state index in [1.807, 2.05) is 19.9 Å². The van der Waals surface area contributed by atoms with Gasteiger partial charge in [-0.25, -0.2) is 0 Å². The zero-order valence-corrected chi connectivity index (χ0v) is 12.0. The van der Waals surface area contributed by atoms with Crippen LogP contribution in [0.4, 0.5) is 0 Å². The van der Waals surface area contributed by atoms with Gasteiger partial charge < -0.3 is 10.1 Å². The summed E-state index contributed by atoms with van der Waals surface area (Å²) in [5.74, 6) is -0.0346. The summed E-state index contributed by atoms with van der Waals surface area (Å²) in [4.78, 5) is 13.7. The van der Waals surface area contributed by atoms with Crippen LogP contribution in [-0.2, 0) is 9.53 Å². The number of hydrogen-bond acceptors (Lipinski definition) is 3. The van der Waals surface area contributed by atoms with Crippen LogP contribution in [0.15, 0.2) is 12.2 Å². The van der Waals surface area contributed by atoms with Crippen molar-refractivity contribution in [3.63, 3.8) is 0 Å². The summed E-state index contributed by atoms with van der Waals surface area (Å²) in [5, 5.41) is 2.87. The van der Waals surface area contributed by atoms with Crippen molar-refractivity contribution in [2.45, 2.75) is 17.4 Å². The van der Waals surface area contributed by atoms with E-state index in [2.05, 4.69) is 32.8 Å². The molecule has 1 amide bonds. The van der Waals surface area contributed by atoms with Crippen LogP contribution in [0.3, 0.4) is 0 Å². The van der Waals surface area contributed by atoms with E-state index in [1.165, 1.54) is 0 Å². The Kier molecular flexibility index (Phi) is 5.71. The van der Waals surface area contributed by atoms with E-state index < -0.39 is 0 Å². The van der Waals surface area contributed by atoms with Gasteiger partial charge in [-0.15, -0.1) is 0 Å². The smallest absolute Gasteiger partial charge is 0.244 e. The van der Waals surface area contributed by atoms with Gasteiger partial charge >= 0.3 is 0 Å². The molecule has 1 rings (SSSR count). The molecule has 4 nitrogen and oxygen atoms in total. The molecule has 0 atom stereocenters. The first kappa shape index (κ1) is 13.9. The Hall–Kier alpha value is -0.140. The fraction of sp³-hybridized carbons (Fsp3) is 0.727. The Morgan fingerprint density at radius 3 is 2.69 bits per heavy atom. The van der Waals surface area contributed by atoms with Gasteiger partial charge in [-0.05, 0) is 13.8 Å². The Balaban J connectivity index is 2.22. The number of halogens is 1. The van der Waals surface area contributed by atoms with Crippen LogP contribution in [0.2, 0.25) is 0 Å². The second-order valence-electron chi connectivity index (χ2n) is 4.28. The fourth-order valence-corrected chi connectivity index (χ4v) is 1.69. The molecule has 1 fully saturated rings. The second-order valence-corrected chi connectivity index (χ2v) is 6.97. The van der Waals surface area contributed by atoms with Gasteiger partial charge in [-0.3, -0.25) is 9.69 Å². The molecular weight excluding hydrogens is 319 g/mol. The highest BCUT2D eigenvalue weighted by molar-refractivity contribution is 14.1. The number of hydrogen-bond donors (Lipinski definition) is 1. The molecule has 0 aromatic carbocycles. The average molecular weight is 338 g/mol. The lowest BCUT2D eigenvalue weighted by Crippen LogP contribution is -2.38. The zero-order valence-electron chi connectivity index (χ0n) is 9.83. The first-order chi connectivity index (χ1) is 7.47. The lowest BCUT2D eigenvalue weighted by Gasteiger charge is -2.25. The topological polar surface area (TPSA) is 41.6 Å². The number of morpholine rings is 1. The second kappa shape index (κ2) is 6.56. The van der Waals surface area contributed by atoms with Crippen molar-refractivity contribution in [1.29, 1.82) is 0 Å². The molecule has 0 spiro atoms. The third-order valence-electron chi connectivity index (χ3n) is 2.16. The number of nitrogens with one attached hydrogen (secondary N) is 1. The number of carbonyl (C=O) groups is 1. The molecule has 0 aromatic heterocycles. The quantitative estimate of drug-likeness (QED) is 0.362. The lowest BCUT2D eigenvalue weighted by atomic mass is 10.3. The molecule has 0 radical (unpaired) electrons. The Bertz CT molecular complexity index is 255. The van der Waals surface area contributed by atoms with Crippen molar-refractivity contribution in [3.8, 4) is 0 Å². The van der Waals surface area contributed by atoms with Crippen molar-refractivity contribution in [2.75, 3.05) is 32.8 Å². The van der Waals surface area contributed by atoms with Crippen LogP contribution in [0.1, 0.15) is 13.8 Å². The van der Waals surface area contributed by atoms with E-state index in [0.717, 1.165) is 32.8 Å². The maximum atomic E-state index is 11.5. The van der Waals surface area contributed by atoms with E-state index in [1.54, 1.807) is 6.08 Å². The number of carbonyl (C=O) groups excluding carboxylic acids is 1. The standard InChI is InChI=1S/C11H19IN2O2/c1-11(2,12)13-10(15)4-3-5-14-6-8-16-9-7-14/h3-4H,5-9H2,1-2H3,(H,13,15)/b4-3+. The number of alkyl halides is 1. The van der Waals surface area contributed by atoms with Crippen molar-refractivity contribution >= 4 is 28.5 Å². The summed E-state index contributed by atoms with van der Waals surface area (Å²) >= 11 is 2.19. The highest BCUT2D eigenvalue weighted by atomic mass is 127. The van der Waals surface area contributed by atoms with Gasteiger partial charge in [0.25, 0.3) is 0 Å². The molecule has 16 heavy (non-hydrogen) atoms. The molecule has 5 heteroatoms. The molecule has 0 aromatic rings. The van der Waals surface area contributed by atoms with E-state index >= 15 is 0 Å². The van der Waals surface area contributed by atoms with Gasteiger partial charge in [-0.2, -0.15) is 0 Å². The highest BCUT2D eigenvalue weighted by Gasteiger charge is 2.13. The van der Waals surface area contributed by atoms with Gasteiger partial charge in [0.2, 0.25) is 5.91 Å². The number of rotatable bonds is 4. The van der Waals surface area contributed by atoms with E-state index in [0.29, 0.717) is 0 Å². The first-order valence-electron chi connectivity index (χ1n) is 5.45. The first-order valence-corrected chi connectivity index (χ1v) is 6.53. The third kappa shape index (κ3) is 6.44. The summed E-state index contributed by atoms with van der Waals surface area (Å²) < 4.78 is 5.05. The predicted octanol–water partition coefficient (Wildman–Crippen LogP) is 1.16. The van der Waals surface area contributed by atoms with Crippen molar-refractivity contribution in [2.24, 2.45) is 0 Å². The zero-order chi connectivity index (χ0) is 12.0. The largest absolute Gasteiger partial charge is 0.379 e. The normalized spacial score (nSPS) is 18.9. The average Bonchev–Trinajstić information content (AvgIpc) is 2.16. The number of amides is 1. The molecule has 1 saturated heterocycles. The van der Waals surface area contributed by atoms with Gasteiger partial charge in [-0.1, -0.05) is 28.7 Å². The van der Waals surface area contributed by atoms with Gasteiger partial charge in [0.1, 0.15) is 0 Å². The SMILES string of the molecule is CC(C)(I)NC(=O)/C=C/CN1CCOCC1. The highest BCUT2D eigenvalue weighted by Crippen LogP contribution is 2.11. The number of ether oxygens (including phenoxy) is 1. The minimum atomic E-state index is -0.196. The number of nitrogens with zero attached hydrogens (tertiary/aromatic N) is 1. The summed E-state index contributed by atoms with van der Waals surface area (Å²) in [6, 6.07) is 0. The molecule has 0 aliphatic carbocycles. The molecular formula is C11H19IN2O2. The minimum absolute atomic E-state index is 0.0346. The lowest BCUT2D eigenvalue weighted by molar-refractivity contribution is -0.117. The summed E-state index contributed by atoms with van der Waals surface area (Å²) in [6.07, 6.45) is 3.51. The van der Waals surface area contributed by atoms with Gasteiger partial charge in [0.15, 0.2) is 0 Å². The van der Waals surface area contributed by atoms with Crippen LogP contribution in [0.5, 0.6) is 0 Å². The van der Waals surface area contributed by atoms with Crippen molar-refractivity contribution < 1.29 is 9.53 Å². The molecule has 0 unspecified atom stereocenters. The van der Waals surface area contributed by atoms with Crippen LogP contribution < -0.4 is 5.32 Å². The fourth-order valence-electron chi connectivity index (χ4n) is 1.43. The van der Waals surface area contributed by atoms with Crippen LogP contribution in [-0.4, -0.2) is 47.2 Å². The van der Waals surface area contributed by atoms with Crippen molar-refractivity contribution in [1.82, 2.24) is 10.2 Å². The van der Waals surface area contributed by atoms with E-state index in [4.69, 9.17) is 4.74 Å². The maximum absolute atomic E-state index is 11.5. The molecule has 92 valence electrons. The van der Waals surface area contributed by atoms with Crippen molar-refractivity contribution in [3.05, 3.63) is 12.2 Å². The minimum Gasteiger partial charge on any atom is -0.379 e. The Morgan fingerprint density at radius 2 is 2.12 bits per heavy atom. The molecule has 1 N–H and O–H groups in total.